The van der Waals surface area contributed by atoms with E-state index in [4.69, 9.17) is 16.6 Å². The molecule has 0 aliphatic carbocycles. The van der Waals surface area contributed by atoms with Gasteiger partial charge >= 0.3 is 6.03 Å². The fraction of sp³-hybridized carbons (Fsp3) is 0.250. The van der Waals surface area contributed by atoms with Crippen LogP contribution in [0.4, 0.5) is 10.5 Å². The Morgan fingerprint density at radius 2 is 1.93 bits per heavy atom. The molecule has 0 unspecified atom stereocenters. The first-order chi connectivity index (χ1) is 12.8. The summed E-state index contributed by atoms with van der Waals surface area (Å²) in [7, 11) is 0. The quantitative estimate of drug-likeness (QED) is 0.609. The third-order valence-electron chi connectivity index (χ3n) is 3.78. The highest BCUT2D eigenvalue weighted by Crippen LogP contribution is 2.35. The number of hydrogen-bond donors (Lipinski definition) is 2. The summed E-state index contributed by atoms with van der Waals surface area (Å²) in [5.41, 5.74) is 2.42. The van der Waals surface area contributed by atoms with Gasteiger partial charge in [0.15, 0.2) is 0 Å². The van der Waals surface area contributed by atoms with Crippen molar-refractivity contribution in [1.29, 1.82) is 0 Å². The maximum Gasteiger partial charge on any atom is 0.319 e. The number of urea groups is 1. The minimum Gasteiger partial charge on any atom is -0.333 e. The lowest BCUT2D eigenvalue weighted by Gasteiger charge is -2.13. The maximum absolute atomic E-state index is 12.2. The van der Waals surface area contributed by atoms with Crippen LogP contribution in [-0.4, -0.2) is 16.0 Å². The topological polar surface area (TPSA) is 66.9 Å². The van der Waals surface area contributed by atoms with Crippen molar-refractivity contribution in [3.63, 3.8) is 0 Å². The molecule has 0 spiro atoms. The van der Waals surface area contributed by atoms with Crippen LogP contribution >= 0.6 is 22.9 Å². The van der Waals surface area contributed by atoms with Gasteiger partial charge in [-0.05, 0) is 24.3 Å². The molecule has 1 aromatic carbocycles. The molecular weight excluding hydrogens is 380 g/mol. The van der Waals surface area contributed by atoms with Crippen molar-refractivity contribution in [3.05, 3.63) is 63.7 Å². The molecule has 0 saturated carbocycles. The zero-order chi connectivity index (χ0) is 19.4. The second kappa shape index (κ2) is 8.06. The smallest absolute Gasteiger partial charge is 0.319 e. The summed E-state index contributed by atoms with van der Waals surface area (Å²) in [6, 6.07) is 10.8. The number of pyridine rings is 1. The Morgan fingerprint density at radius 3 is 2.59 bits per heavy atom. The van der Waals surface area contributed by atoms with Crippen molar-refractivity contribution in [2.75, 3.05) is 5.32 Å². The van der Waals surface area contributed by atoms with Crippen molar-refractivity contribution in [2.45, 2.75) is 32.7 Å². The summed E-state index contributed by atoms with van der Waals surface area (Å²) in [6.45, 7) is 6.76. The number of nitrogens with one attached hydrogen (secondary N) is 2. The molecule has 140 valence electrons. The molecule has 0 atom stereocenters. The third-order valence-corrected chi connectivity index (χ3v) is 5.50. The first-order valence-corrected chi connectivity index (χ1v) is 9.73. The lowest BCUT2D eigenvalue weighted by atomic mass is 9.98. The average Bonchev–Trinajstić information content (AvgIpc) is 3.05. The summed E-state index contributed by atoms with van der Waals surface area (Å²) in [5.74, 6) is 0. The van der Waals surface area contributed by atoms with E-state index in [9.17, 15) is 4.79 Å². The number of benzene rings is 1. The standard InChI is InChI=1S/C20H21ClN4OS/c1-20(2,3)18-25-17(13-5-4-6-14(21)11-13)16(27-18)12-23-19(26)24-15-7-9-22-10-8-15/h4-11H,12H2,1-3H3,(H2,22,23,24,26). The zero-order valence-electron chi connectivity index (χ0n) is 15.4. The van der Waals surface area contributed by atoms with Gasteiger partial charge in [-0.15, -0.1) is 11.3 Å². The van der Waals surface area contributed by atoms with Crippen LogP contribution in [0.25, 0.3) is 11.3 Å². The van der Waals surface area contributed by atoms with E-state index in [1.807, 2.05) is 24.3 Å². The molecule has 27 heavy (non-hydrogen) atoms. The second-order valence-electron chi connectivity index (χ2n) is 7.09. The number of aromatic nitrogens is 2. The fourth-order valence-corrected chi connectivity index (χ4v) is 3.70. The third kappa shape index (κ3) is 5.05. The number of hydrogen-bond acceptors (Lipinski definition) is 4. The highest BCUT2D eigenvalue weighted by Gasteiger charge is 2.22. The SMILES string of the molecule is CC(C)(C)c1nc(-c2cccc(Cl)c2)c(CNC(=O)Nc2ccncc2)s1. The lowest BCUT2D eigenvalue weighted by Crippen LogP contribution is -2.28. The summed E-state index contributed by atoms with van der Waals surface area (Å²) in [5, 5.41) is 7.37. The van der Waals surface area contributed by atoms with E-state index >= 15 is 0 Å². The first kappa shape index (κ1) is 19.3. The minimum atomic E-state index is -0.274. The monoisotopic (exact) mass is 400 g/mol. The van der Waals surface area contributed by atoms with Gasteiger partial charge < -0.3 is 10.6 Å². The average molecular weight is 401 g/mol. The van der Waals surface area contributed by atoms with Crippen LogP contribution < -0.4 is 10.6 Å². The Kier molecular flexibility index (Phi) is 5.77. The van der Waals surface area contributed by atoms with E-state index in [2.05, 4.69) is 36.4 Å². The number of nitrogens with zero attached hydrogens (tertiary/aromatic N) is 2. The van der Waals surface area contributed by atoms with Gasteiger partial charge in [-0.1, -0.05) is 44.5 Å². The minimum absolute atomic E-state index is 0.0739. The van der Waals surface area contributed by atoms with Crippen molar-refractivity contribution >= 4 is 34.7 Å². The maximum atomic E-state index is 12.2. The highest BCUT2D eigenvalue weighted by atomic mass is 35.5. The summed E-state index contributed by atoms with van der Waals surface area (Å²) in [4.78, 5) is 22.0. The molecule has 5 nitrogen and oxygen atoms in total. The van der Waals surface area contributed by atoms with E-state index in [1.165, 1.54) is 0 Å². The number of carbonyl (C=O) groups is 1. The van der Waals surface area contributed by atoms with Gasteiger partial charge in [0.25, 0.3) is 0 Å². The van der Waals surface area contributed by atoms with Gasteiger partial charge in [0.1, 0.15) is 0 Å². The number of rotatable bonds is 4. The van der Waals surface area contributed by atoms with Gasteiger partial charge in [-0.3, -0.25) is 4.98 Å². The molecule has 7 heteroatoms. The van der Waals surface area contributed by atoms with Gasteiger partial charge in [-0.2, -0.15) is 0 Å². The van der Waals surface area contributed by atoms with Crippen LogP contribution in [0.1, 0.15) is 30.7 Å². The number of halogens is 1. The van der Waals surface area contributed by atoms with E-state index in [1.54, 1.807) is 35.9 Å². The Bertz CT molecular complexity index is 935. The molecule has 3 aromatic rings. The Labute approximate surface area is 167 Å². The van der Waals surface area contributed by atoms with Crippen molar-refractivity contribution in [3.8, 4) is 11.3 Å². The van der Waals surface area contributed by atoms with Crippen LogP contribution in [0.2, 0.25) is 5.02 Å². The fourth-order valence-electron chi connectivity index (χ4n) is 2.42. The van der Waals surface area contributed by atoms with Crippen LogP contribution in [0, 0.1) is 0 Å². The Morgan fingerprint density at radius 1 is 1.19 bits per heavy atom. The lowest BCUT2D eigenvalue weighted by molar-refractivity contribution is 0.252. The summed E-state index contributed by atoms with van der Waals surface area (Å²) in [6.07, 6.45) is 3.26. The summed E-state index contributed by atoms with van der Waals surface area (Å²) >= 11 is 7.76. The van der Waals surface area contributed by atoms with Crippen molar-refractivity contribution in [1.82, 2.24) is 15.3 Å². The molecular formula is C20H21ClN4OS. The molecule has 3 rings (SSSR count). The molecule has 0 saturated heterocycles. The number of thiazole rings is 1. The second-order valence-corrected chi connectivity index (χ2v) is 8.61. The van der Waals surface area contributed by atoms with Gasteiger partial charge in [0, 0.05) is 34.1 Å². The molecule has 2 N–H and O–H groups in total. The van der Waals surface area contributed by atoms with Crippen LogP contribution in [0.15, 0.2) is 48.8 Å². The van der Waals surface area contributed by atoms with E-state index in [-0.39, 0.29) is 11.4 Å². The van der Waals surface area contributed by atoms with Crippen LogP contribution in [-0.2, 0) is 12.0 Å². The number of anilines is 1. The summed E-state index contributed by atoms with van der Waals surface area (Å²) < 4.78 is 0. The highest BCUT2D eigenvalue weighted by molar-refractivity contribution is 7.12. The predicted molar refractivity (Wildman–Crippen MR) is 111 cm³/mol. The van der Waals surface area contributed by atoms with Crippen molar-refractivity contribution < 1.29 is 4.79 Å². The molecule has 0 aliphatic heterocycles. The van der Waals surface area contributed by atoms with Gasteiger partial charge in [0.05, 0.1) is 22.1 Å². The Balaban J connectivity index is 1.81. The molecule has 0 radical (unpaired) electrons. The molecule has 0 fully saturated rings. The molecule has 2 amide bonds. The first-order valence-electron chi connectivity index (χ1n) is 8.54. The van der Waals surface area contributed by atoms with Crippen LogP contribution in [0.5, 0.6) is 0 Å². The number of carbonyl (C=O) groups excluding carboxylic acids is 1. The van der Waals surface area contributed by atoms with Crippen molar-refractivity contribution in [2.24, 2.45) is 0 Å². The van der Waals surface area contributed by atoms with E-state index < -0.39 is 0 Å². The zero-order valence-corrected chi connectivity index (χ0v) is 17.0. The van der Waals surface area contributed by atoms with Gasteiger partial charge in [0.2, 0.25) is 0 Å². The largest absolute Gasteiger partial charge is 0.333 e. The number of amides is 2. The normalized spacial score (nSPS) is 11.3. The van der Waals surface area contributed by atoms with E-state index in [0.29, 0.717) is 17.3 Å². The molecule has 0 bridgehead atoms. The van der Waals surface area contributed by atoms with Crippen LogP contribution in [0.3, 0.4) is 0 Å². The molecule has 2 aromatic heterocycles. The van der Waals surface area contributed by atoms with Gasteiger partial charge in [-0.25, -0.2) is 9.78 Å². The predicted octanol–water partition coefficient (Wildman–Crippen LogP) is 5.48. The molecule has 0 aliphatic rings. The Hall–Kier alpha value is -2.44. The molecule has 2 heterocycles. The van der Waals surface area contributed by atoms with E-state index in [0.717, 1.165) is 21.1 Å².